The summed E-state index contributed by atoms with van der Waals surface area (Å²) in [7, 11) is 0. The van der Waals surface area contributed by atoms with Gasteiger partial charge in [-0.2, -0.15) is 0 Å². The minimum absolute atomic E-state index is 0.101. The van der Waals surface area contributed by atoms with Gasteiger partial charge in [0, 0.05) is 34.7 Å². The van der Waals surface area contributed by atoms with Crippen molar-refractivity contribution in [1.82, 2.24) is 4.98 Å². The van der Waals surface area contributed by atoms with Crippen molar-refractivity contribution < 1.29 is 2.74 Å². The minimum Gasteiger partial charge on any atom is -0.256 e. The van der Waals surface area contributed by atoms with E-state index in [0.717, 1.165) is 42.5 Å². The highest BCUT2D eigenvalue weighted by atomic mass is 32.1. The number of fused-ring (bicyclic) bond motifs is 5. The van der Waals surface area contributed by atoms with Crippen molar-refractivity contribution in [2.24, 2.45) is 5.92 Å². The number of benzene rings is 3. The molecule has 1 fully saturated rings. The SMILES string of the molecule is [2H]C([2H])(c1ccnc(-c2cc3ccccc3c3c2sc2ccccc23)c1)C1CCCC1. The molecule has 1 aliphatic carbocycles. The van der Waals surface area contributed by atoms with Crippen LogP contribution in [-0.2, 0) is 6.37 Å². The average molecular weight is 396 g/mol. The Bertz CT molecular complexity index is 1430. The van der Waals surface area contributed by atoms with Gasteiger partial charge in [0.15, 0.2) is 0 Å². The Kier molecular flexibility index (Phi) is 3.64. The quantitative estimate of drug-likeness (QED) is 0.301. The maximum Gasteiger partial charge on any atom is 0.0719 e. The molecule has 142 valence electrons. The second-order valence-corrected chi connectivity index (χ2v) is 9.06. The second kappa shape index (κ2) is 6.96. The molecule has 0 spiro atoms. The Morgan fingerprint density at radius 2 is 1.72 bits per heavy atom. The van der Waals surface area contributed by atoms with Crippen molar-refractivity contribution in [3.8, 4) is 11.3 Å². The normalized spacial score (nSPS) is 16.6. The zero-order valence-electron chi connectivity index (χ0n) is 18.2. The van der Waals surface area contributed by atoms with Crippen molar-refractivity contribution in [3.63, 3.8) is 0 Å². The van der Waals surface area contributed by atoms with Gasteiger partial charge in [-0.25, -0.2) is 0 Å². The van der Waals surface area contributed by atoms with Crippen LogP contribution in [0.1, 0.15) is 34.0 Å². The maximum atomic E-state index is 8.85. The highest BCUT2D eigenvalue weighted by Gasteiger charge is 2.18. The summed E-state index contributed by atoms with van der Waals surface area (Å²) in [6.45, 7) is 0. The van der Waals surface area contributed by atoms with E-state index in [1.807, 2.05) is 12.1 Å². The molecule has 0 atom stereocenters. The summed E-state index contributed by atoms with van der Waals surface area (Å²) in [6.07, 6.45) is 4.68. The molecule has 3 aromatic carbocycles. The number of aromatic nitrogens is 1. The number of pyridine rings is 1. The lowest BCUT2D eigenvalue weighted by Crippen LogP contribution is -1.99. The molecule has 1 saturated carbocycles. The van der Waals surface area contributed by atoms with Gasteiger partial charge in [0.1, 0.15) is 0 Å². The molecule has 0 N–H and O–H groups in total. The van der Waals surface area contributed by atoms with Crippen LogP contribution in [0.15, 0.2) is 72.9 Å². The predicted octanol–water partition coefficient (Wildman–Crippen LogP) is 8.00. The summed E-state index contributed by atoms with van der Waals surface area (Å²) in [5.74, 6) is 0.101. The fraction of sp³-hybridized carbons (Fsp3) is 0.222. The lowest BCUT2D eigenvalue weighted by molar-refractivity contribution is 0.546. The first-order chi connectivity index (χ1) is 15.1. The van der Waals surface area contributed by atoms with Gasteiger partial charge in [-0.1, -0.05) is 68.1 Å². The molecule has 0 unspecified atom stereocenters. The van der Waals surface area contributed by atoms with E-state index in [1.165, 1.54) is 30.9 Å². The van der Waals surface area contributed by atoms with E-state index < -0.39 is 6.37 Å². The van der Waals surface area contributed by atoms with Crippen LogP contribution in [0, 0.1) is 5.92 Å². The summed E-state index contributed by atoms with van der Waals surface area (Å²) < 4.78 is 20.2. The largest absolute Gasteiger partial charge is 0.256 e. The molecular formula is C27H23NS. The molecule has 2 heteroatoms. The molecule has 1 aliphatic rings. The first kappa shape index (κ1) is 15.2. The van der Waals surface area contributed by atoms with Crippen LogP contribution in [0.3, 0.4) is 0 Å². The monoisotopic (exact) mass is 395 g/mol. The third kappa shape index (κ3) is 2.94. The lowest BCUT2D eigenvalue weighted by atomic mass is 9.95. The van der Waals surface area contributed by atoms with E-state index in [9.17, 15) is 0 Å². The molecule has 0 radical (unpaired) electrons. The molecule has 5 aromatic rings. The summed E-state index contributed by atoms with van der Waals surface area (Å²) in [5.41, 5.74) is 2.72. The Labute approximate surface area is 177 Å². The number of thiophene rings is 1. The molecule has 29 heavy (non-hydrogen) atoms. The van der Waals surface area contributed by atoms with Crippen molar-refractivity contribution in [3.05, 3.63) is 78.5 Å². The van der Waals surface area contributed by atoms with E-state index >= 15 is 0 Å². The topological polar surface area (TPSA) is 12.9 Å². The Morgan fingerprint density at radius 1 is 0.931 bits per heavy atom. The average Bonchev–Trinajstić information content (AvgIpc) is 3.47. The minimum atomic E-state index is -1.32. The summed E-state index contributed by atoms with van der Waals surface area (Å²) in [5, 5.41) is 5.01. The maximum absolute atomic E-state index is 8.85. The smallest absolute Gasteiger partial charge is 0.0719 e. The number of rotatable bonds is 3. The summed E-state index contributed by atoms with van der Waals surface area (Å²) in [6, 6.07) is 23.2. The molecular weight excluding hydrogens is 370 g/mol. The Balaban J connectivity index is 1.61. The number of hydrogen-bond donors (Lipinski definition) is 0. The van der Waals surface area contributed by atoms with E-state index in [1.54, 1.807) is 17.5 Å². The Morgan fingerprint density at radius 3 is 2.62 bits per heavy atom. The third-order valence-electron chi connectivity index (χ3n) is 6.13. The van der Waals surface area contributed by atoms with Crippen molar-refractivity contribution in [2.75, 3.05) is 0 Å². The molecule has 1 nitrogen and oxygen atoms in total. The van der Waals surface area contributed by atoms with Gasteiger partial charge in [0.25, 0.3) is 0 Å². The van der Waals surface area contributed by atoms with Crippen LogP contribution in [0.25, 0.3) is 42.2 Å². The molecule has 0 saturated heterocycles. The molecule has 2 aromatic heterocycles. The Hall–Kier alpha value is -2.71. The first-order valence-corrected chi connectivity index (χ1v) is 11.2. The number of nitrogens with zero attached hydrogens (tertiary/aromatic N) is 1. The molecule has 0 aliphatic heterocycles. The van der Waals surface area contributed by atoms with Crippen LogP contribution in [0.5, 0.6) is 0 Å². The molecule has 0 bridgehead atoms. The summed E-state index contributed by atoms with van der Waals surface area (Å²) >= 11 is 1.80. The van der Waals surface area contributed by atoms with Crippen LogP contribution in [-0.4, -0.2) is 4.98 Å². The fourth-order valence-corrected chi connectivity index (χ4v) is 5.98. The van der Waals surface area contributed by atoms with Crippen LogP contribution >= 0.6 is 11.3 Å². The molecule has 0 amide bonds. The first-order valence-electron chi connectivity index (χ1n) is 11.4. The van der Waals surface area contributed by atoms with Gasteiger partial charge in [0.2, 0.25) is 0 Å². The van der Waals surface area contributed by atoms with Gasteiger partial charge < -0.3 is 0 Å². The van der Waals surface area contributed by atoms with Crippen LogP contribution in [0.4, 0.5) is 0 Å². The van der Waals surface area contributed by atoms with E-state index in [0.29, 0.717) is 0 Å². The van der Waals surface area contributed by atoms with Crippen molar-refractivity contribution in [1.29, 1.82) is 0 Å². The fourth-order valence-electron chi connectivity index (χ4n) is 4.74. The van der Waals surface area contributed by atoms with Gasteiger partial charge in [-0.3, -0.25) is 4.98 Å². The van der Waals surface area contributed by atoms with Gasteiger partial charge in [-0.15, -0.1) is 11.3 Å². The van der Waals surface area contributed by atoms with E-state index in [2.05, 4.69) is 54.6 Å². The molecule has 6 rings (SSSR count). The predicted molar refractivity (Wildman–Crippen MR) is 126 cm³/mol. The van der Waals surface area contributed by atoms with E-state index in [4.69, 9.17) is 7.73 Å². The lowest BCUT2D eigenvalue weighted by Gasteiger charge is -2.11. The number of hydrogen-bond acceptors (Lipinski definition) is 2. The van der Waals surface area contributed by atoms with Crippen LogP contribution in [0.2, 0.25) is 0 Å². The van der Waals surface area contributed by atoms with Crippen molar-refractivity contribution in [2.45, 2.75) is 32.1 Å². The zero-order chi connectivity index (χ0) is 21.0. The van der Waals surface area contributed by atoms with Gasteiger partial charge in [0.05, 0.1) is 5.69 Å². The highest BCUT2D eigenvalue weighted by molar-refractivity contribution is 7.26. The highest BCUT2D eigenvalue weighted by Crippen LogP contribution is 2.43. The van der Waals surface area contributed by atoms with E-state index in [-0.39, 0.29) is 5.92 Å². The molecule has 2 heterocycles. The third-order valence-corrected chi connectivity index (χ3v) is 7.34. The standard InChI is InChI=1S/C27H23NS/c1-2-8-18(7-1)15-19-13-14-28-24(16-19)23-17-20-9-3-4-10-21(20)26-22-11-5-6-12-25(22)29-27(23)26/h3-6,9-14,16-18H,1-2,7-8,15H2/i15D2. The van der Waals surface area contributed by atoms with Crippen LogP contribution < -0.4 is 0 Å². The van der Waals surface area contributed by atoms with Gasteiger partial charge in [-0.05, 0) is 52.9 Å². The zero-order valence-corrected chi connectivity index (χ0v) is 17.0. The second-order valence-electron chi connectivity index (χ2n) is 8.00. The summed E-state index contributed by atoms with van der Waals surface area (Å²) in [4.78, 5) is 4.72. The van der Waals surface area contributed by atoms with Gasteiger partial charge >= 0.3 is 0 Å². The van der Waals surface area contributed by atoms with Crippen molar-refractivity contribution >= 4 is 42.3 Å².